The van der Waals surface area contributed by atoms with Crippen molar-refractivity contribution in [1.82, 2.24) is 9.88 Å². The zero-order chi connectivity index (χ0) is 16.9. The Bertz CT molecular complexity index is 764. The summed E-state index contributed by atoms with van der Waals surface area (Å²) in [6.07, 6.45) is 1.91. The number of carbonyl (C=O) groups excluding carboxylic acids is 1. The highest BCUT2D eigenvalue weighted by Gasteiger charge is 2.26. The monoisotopic (exact) mass is 340 g/mol. The van der Waals surface area contributed by atoms with Crippen LogP contribution in [0.2, 0.25) is 0 Å². The number of likely N-dealkylation sites (tertiary alicyclic amines) is 1. The highest BCUT2D eigenvalue weighted by atomic mass is 32.1. The summed E-state index contributed by atoms with van der Waals surface area (Å²) >= 11 is 1.61. The number of thiophene rings is 1. The number of piperidine rings is 1. The van der Waals surface area contributed by atoms with E-state index in [9.17, 15) is 4.79 Å². The highest BCUT2D eigenvalue weighted by molar-refractivity contribution is 7.10. The number of hydrogen-bond donors (Lipinski definition) is 1. The van der Waals surface area contributed by atoms with Crippen LogP contribution in [-0.2, 0) is 11.3 Å². The molecule has 24 heavy (non-hydrogen) atoms. The summed E-state index contributed by atoms with van der Waals surface area (Å²) < 4.78 is 0. The molecule has 1 atom stereocenters. The molecule has 0 radical (unpaired) electrons. The van der Waals surface area contributed by atoms with Gasteiger partial charge in [0.2, 0.25) is 5.91 Å². The molecule has 6 heteroatoms. The van der Waals surface area contributed by atoms with E-state index in [0.717, 1.165) is 38.2 Å². The molecule has 0 bridgehead atoms. The van der Waals surface area contributed by atoms with E-state index in [-0.39, 0.29) is 11.8 Å². The predicted octanol–water partition coefficient (Wildman–Crippen LogP) is 3.17. The first kappa shape index (κ1) is 16.6. The van der Waals surface area contributed by atoms with Crippen LogP contribution in [0.3, 0.4) is 0 Å². The van der Waals surface area contributed by atoms with Gasteiger partial charge < -0.3 is 5.32 Å². The van der Waals surface area contributed by atoms with E-state index in [1.54, 1.807) is 11.3 Å². The first-order chi connectivity index (χ1) is 11.6. The van der Waals surface area contributed by atoms with Crippen LogP contribution in [0, 0.1) is 24.2 Å². The summed E-state index contributed by atoms with van der Waals surface area (Å²) in [5, 5.41) is 13.7. The maximum absolute atomic E-state index is 12.5. The van der Waals surface area contributed by atoms with Crippen LogP contribution in [0.1, 0.15) is 29.0 Å². The SMILES string of the molecule is Cc1cccc(NC(=O)[C@H]2CCCN(Cc3cc(C#N)cs3)C2)n1. The lowest BCUT2D eigenvalue weighted by atomic mass is 9.97. The number of nitrogens with zero attached hydrogens (tertiary/aromatic N) is 3. The molecule has 1 aliphatic rings. The van der Waals surface area contributed by atoms with Crippen LogP contribution in [0.15, 0.2) is 29.6 Å². The van der Waals surface area contributed by atoms with Gasteiger partial charge in [0, 0.05) is 29.0 Å². The van der Waals surface area contributed by atoms with Crippen LogP contribution < -0.4 is 5.32 Å². The van der Waals surface area contributed by atoms with Crippen LogP contribution >= 0.6 is 11.3 Å². The minimum Gasteiger partial charge on any atom is -0.310 e. The summed E-state index contributed by atoms with van der Waals surface area (Å²) in [7, 11) is 0. The number of rotatable bonds is 4. The number of pyridine rings is 1. The lowest BCUT2D eigenvalue weighted by molar-refractivity contribution is -0.121. The second-order valence-electron chi connectivity index (χ2n) is 6.14. The largest absolute Gasteiger partial charge is 0.310 e. The molecule has 1 fully saturated rings. The first-order valence-corrected chi connectivity index (χ1v) is 8.96. The lowest BCUT2D eigenvalue weighted by Gasteiger charge is -2.31. The molecular weight excluding hydrogens is 320 g/mol. The molecule has 2 aromatic heterocycles. The molecule has 5 nitrogen and oxygen atoms in total. The number of aryl methyl sites for hydroxylation is 1. The summed E-state index contributed by atoms with van der Waals surface area (Å²) in [6, 6.07) is 9.73. The Morgan fingerprint density at radius 1 is 1.54 bits per heavy atom. The van der Waals surface area contributed by atoms with Crippen molar-refractivity contribution in [3.63, 3.8) is 0 Å². The first-order valence-electron chi connectivity index (χ1n) is 8.08. The van der Waals surface area contributed by atoms with E-state index in [1.807, 2.05) is 36.6 Å². The normalized spacial score (nSPS) is 18.1. The van der Waals surface area contributed by atoms with Crippen LogP contribution in [0.4, 0.5) is 5.82 Å². The molecule has 1 saturated heterocycles. The third kappa shape index (κ3) is 4.19. The van der Waals surface area contributed by atoms with Crippen molar-refractivity contribution >= 4 is 23.1 Å². The number of anilines is 1. The molecule has 0 saturated carbocycles. The van der Waals surface area contributed by atoms with E-state index in [2.05, 4.69) is 21.3 Å². The molecule has 1 N–H and O–H groups in total. The summed E-state index contributed by atoms with van der Waals surface area (Å²) in [6.45, 7) is 4.46. The van der Waals surface area contributed by atoms with Crippen LogP contribution in [0.25, 0.3) is 0 Å². The molecule has 3 rings (SSSR count). The number of amides is 1. The van der Waals surface area contributed by atoms with Crippen molar-refractivity contribution in [2.75, 3.05) is 18.4 Å². The molecular formula is C18H20N4OS. The Morgan fingerprint density at radius 3 is 3.17 bits per heavy atom. The molecule has 3 heterocycles. The fourth-order valence-electron chi connectivity index (χ4n) is 3.00. The highest BCUT2D eigenvalue weighted by Crippen LogP contribution is 2.22. The van der Waals surface area contributed by atoms with E-state index in [0.29, 0.717) is 11.4 Å². The molecule has 1 amide bonds. The molecule has 0 unspecified atom stereocenters. The molecule has 124 valence electrons. The van der Waals surface area contributed by atoms with Gasteiger partial charge in [0.15, 0.2) is 0 Å². The minimum absolute atomic E-state index is 0.0172. The predicted molar refractivity (Wildman–Crippen MR) is 94.6 cm³/mol. The summed E-state index contributed by atoms with van der Waals surface area (Å²) in [4.78, 5) is 20.3. The lowest BCUT2D eigenvalue weighted by Crippen LogP contribution is -2.40. The van der Waals surface area contributed by atoms with Crippen LogP contribution in [0.5, 0.6) is 0 Å². The Labute approximate surface area is 145 Å². The van der Waals surface area contributed by atoms with Gasteiger partial charge in [-0.15, -0.1) is 11.3 Å². The van der Waals surface area contributed by atoms with Gasteiger partial charge in [-0.25, -0.2) is 4.98 Å². The van der Waals surface area contributed by atoms with Crippen molar-refractivity contribution in [2.45, 2.75) is 26.3 Å². The Balaban J connectivity index is 1.58. The zero-order valence-electron chi connectivity index (χ0n) is 13.7. The van der Waals surface area contributed by atoms with Gasteiger partial charge in [-0.2, -0.15) is 5.26 Å². The quantitative estimate of drug-likeness (QED) is 0.928. The van der Waals surface area contributed by atoms with Gasteiger partial charge in [-0.3, -0.25) is 9.69 Å². The molecule has 0 spiro atoms. The van der Waals surface area contributed by atoms with Gasteiger partial charge in [0.1, 0.15) is 11.9 Å². The molecule has 1 aliphatic heterocycles. The van der Waals surface area contributed by atoms with Gasteiger partial charge in [-0.1, -0.05) is 6.07 Å². The summed E-state index contributed by atoms with van der Waals surface area (Å²) in [5.74, 6) is 0.646. The van der Waals surface area contributed by atoms with Crippen molar-refractivity contribution in [2.24, 2.45) is 5.92 Å². The minimum atomic E-state index is -0.0172. The fourth-order valence-corrected chi connectivity index (χ4v) is 3.85. The van der Waals surface area contributed by atoms with Crippen LogP contribution in [-0.4, -0.2) is 28.9 Å². The van der Waals surface area contributed by atoms with Crippen molar-refractivity contribution in [3.8, 4) is 6.07 Å². The van der Waals surface area contributed by atoms with Gasteiger partial charge in [0.05, 0.1) is 11.5 Å². The van der Waals surface area contributed by atoms with Gasteiger partial charge >= 0.3 is 0 Å². The Hall–Kier alpha value is -2.23. The third-order valence-electron chi connectivity index (χ3n) is 4.18. The van der Waals surface area contributed by atoms with E-state index >= 15 is 0 Å². The average molecular weight is 340 g/mol. The third-order valence-corrected chi connectivity index (χ3v) is 5.10. The zero-order valence-corrected chi connectivity index (χ0v) is 14.5. The average Bonchev–Trinajstić information content (AvgIpc) is 3.03. The topological polar surface area (TPSA) is 69.0 Å². The van der Waals surface area contributed by atoms with E-state index < -0.39 is 0 Å². The smallest absolute Gasteiger partial charge is 0.229 e. The Kier molecular flexibility index (Phi) is 5.24. The fraction of sp³-hybridized carbons (Fsp3) is 0.389. The van der Waals surface area contributed by atoms with E-state index in [4.69, 9.17) is 5.26 Å². The van der Waals surface area contributed by atoms with Gasteiger partial charge in [-0.05, 0) is 44.5 Å². The molecule has 0 aliphatic carbocycles. The number of aromatic nitrogens is 1. The van der Waals surface area contributed by atoms with Crippen molar-refractivity contribution in [1.29, 1.82) is 5.26 Å². The maximum atomic E-state index is 12.5. The second-order valence-corrected chi connectivity index (χ2v) is 7.14. The second kappa shape index (κ2) is 7.56. The van der Waals surface area contributed by atoms with Crippen molar-refractivity contribution < 1.29 is 4.79 Å². The molecule has 2 aromatic rings. The maximum Gasteiger partial charge on any atom is 0.229 e. The number of nitriles is 1. The standard InChI is InChI=1S/C18H20N4OS/c1-13-4-2-6-17(20-13)21-18(23)15-5-3-7-22(10-15)11-16-8-14(9-19)12-24-16/h2,4,6,8,12,15H,3,5,7,10-11H2,1H3,(H,20,21,23)/t15-/m0/s1. The van der Waals surface area contributed by atoms with E-state index in [1.165, 1.54) is 4.88 Å². The number of hydrogen-bond acceptors (Lipinski definition) is 5. The molecule has 0 aromatic carbocycles. The number of carbonyl (C=O) groups is 1. The summed E-state index contributed by atoms with van der Waals surface area (Å²) in [5.41, 5.74) is 1.61. The Morgan fingerprint density at radius 2 is 2.42 bits per heavy atom. The number of nitrogens with one attached hydrogen (secondary N) is 1. The van der Waals surface area contributed by atoms with Gasteiger partial charge in [0.25, 0.3) is 0 Å². The van der Waals surface area contributed by atoms with Crippen molar-refractivity contribution in [3.05, 3.63) is 45.8 Å².